The van der Waals surface area contributed by atoms with Crippen LogP contribution in [0, 0.1) is 0 Å². The van der Waals surface area contributed by atoms with Crippen LogP contribution in [-0.4, -0.2) is 30.6 Å². The zero-order chi connectivity index (χ0) is 13.9. The lowest BCUT2D eigenvalue weighted by molar-refractivity contribution is -0.145. The van der Waals surface area contributed by atoms with E-state index in [9.17, 15) is 9.59 Å². The Bertz CT molecular complexity index is 469. The Labute approximate surface area is 112 Å². The maximum Gasteiger partial charge on any atom is 0.328 e. The van der Waals surface area contributed by atoms with Gasteiger partial charge in [0.25, 0.3) is 0 Å². The number of benzene rings is 1. The normalized spacial score (nSPS) is 17.4. The maximum absolute atomic E-state index is 11.9. The van der Waals surface area contributed by atoms with E-state index in [2.05, 4.69) is 5.32 Å². The van der Waals surface area contributed by atoms with E-state index in [0.717, 1.165) is 5.56 Å². The number of carbonyl (C=O) groups is 2. The molecule has 1 unspecified atom stereocenters. The number of methoxy groups -OCH3 is 1. The van der Waals surface area contributed by atoms with E-state index < -0.39 is 17.6 Å². The summed E-state index contributed by atoms with van der Waals surface area (Å²) >= 11 is 0. The molecule has 102 valence electrons. The second kappa shape index (κ2) is 5.40. The van der Waals surface area contributed by atoms with Crippen molar-refractivity contribution in [1.29, 1.82) is 0 Å². The summed E-state index contributed by atoms with van der Waals surface area (Å²) in [6, 6.07) is 8.78. The summed E-state index contributed by atoms with van der Waals surface area (Å²) in [7, 11) is 1.31. The highest BCUT2D eigenvalue weighted by molar-refractivity contribution is 5.92. The number of nitrogens with one attached hydrogen (secondary N) is 1. The number of hydrogen-bond acceptors (Lipinski definition) is 4. The predicted molar refractivity (Wildman–Crippen MR) is 70.2 cm³/mol. The van der Waals surface area contributed by atoms with E-state index in [1.54, 1.807) is 0 Å². The largest absolute Gasteiger partial charge is 0.467 e. The Morgan fingerprint density at radius 3 is 2.53 bits per heavy atom. The van der Waals surface area contributed by atoms with Crippen LogP contribution in [0.1, 0.15) is 18.4 Å². The lowest BCUT2D eigenvalue weighted by Crippen LogP contribution is -2.51. The Kier molecular flexibility index (Phi) is 3.85. The molecule has 0 bridgehead atoms. The lowest BCUT2D eigenvalue weighted by Gasteiger charge is -2.18. The van der Waals surface area contributed by atoms with Crippen LogP contribution in [0.15, 0.2) is 30.3 Å². The first-order valence-electron chi connectivity index (χ1n) is 6.27. The van der Waals surface area contributed by atoms with Crippen molar-refractivity contribution in [2.75, 3.05) is 7.11 Å². The van der Waals surface area contributed by atoms with Gasteiger partial charge in [-0.1, -0.05) is 30.3 Å². The Hall–Kier alpha value is -1.88. The highest BCUT2D eigenvalue weighted by Gasteiger charge is 2.47. The number of rotatable bonds is 5. The molecule has 1 aliphatic rings. The molecule has 0 radical (unpaired) electrons. The Morgan fingerprint density at radius 2 is 2.00 bits per heavy atom. The zero-order valence-corrected chi connectivity index (χ0v) is 10.9. The molecule has 0 aromatic heterocycles. The first-order chi connectivity index (χ1) is 9.05. The molecule has 5 nitrogen and oxygen atoms in total. The van der Waals surface area contributed by atoms with E-state index in [0.29, 0.717) is 19.3 Å². The van der Waals surface area contributed by atoms with Crippen LogP contribution in [0.2, 0.25) is 0 Å². The number of nitrogens with two attached hydrogens (primary N) is 1. The van der Waals surface area contributed by atoms with Gasteiger partial charge in [-0.05, 0) is 18.4 Å². The minimum Gasteiger partial charge on any atom is -0.467 e. The minimum absolute atomic E-state index is 0.279. The van der Waals surface area contributed by atoms with Crippen molar-refractivity contribution in [3.63, 3.8) is 0 Å². The van der Waals surface area contributed by atoms with Gasteiger partial charge in [0.05, 0.1) is 12.6 Å². The predicted octanol–water partition coefficient (Wildman–Crippen LogP) is 0.378. The van der Waals surface area contributed by atoms with Crippen molar-refractivity contribution in [1.82, 2.24) is 5.32 Å². The fourth-order valence-electron chi connectivity index (χ4n) is 1.85. The van der Waals surface area contributed by atoms with Gasteiger partial charge >= 0.3 is 5.97 Å². The fourth-order valence-corrected chi connectivity index (χ4v) is 1.85. The van der Waals surface area contributed by atoms with Crippen LogP contribution in [0.5, 0.6) is 0 Å². The van der Waals surface area contributed by atoms with Gasteiger partial charge in [0.2, 0.25) is 5.91 Å². The number of amides is 1. The number of ether oxygens (including phenoxy) is 1. The van der Waals surface area contributed by atoms with Gasteiger partial charge < -0.3 is 15.8 Å². The third-order valence-corrected chi connectivity index (χ3v) is 3.31. The van der Waals surface area contributed by atoms with Crippen LogP contribution in [-0.2, 0) is 20.7 Å². The molecule has 0 saturated heterocycles. The van der Waals surface area contributed by atoms with Crippen molar-refractivity contribution in [3.05, 3.63) is 35.9 Å². The molecule has 1 aromatic carbocycles. The second-order valence-electron chi connectivity index (χ2n) is 4.90. The van der Waals surface area contributed by atoms with Gasteiger partial charge in [-0.3, -0.25) is 4.79 Å². The van der Waals surface area contributed by atoms with Gasteiger partial charge in [0.15, 0.2) is 0 Å². The molecule has 0 heterocycles. The smallest absolute Gasteiger partial charge is 0.328 e. The summed E-state index contributed by atoms with van der Waals surface area (Å²) in [5.74, 6) is -0.736. The third-order valence-electron chi connectivity index (χ3n) is 3.31. The molecule has 19 heavy (non-hydrogen) atoms. The van der Waals surface area contributed by atoms with E-state index in [4.69, 9.17) is 10.5 Å². The van der Waals surface area contributed by atoms with E-state index >= 15 is 0 Å². The first-order valence-corrected chi connectivity index (χ1v) is 6.27. The van der Waals surface area contributed by atoms with Crippen molar-refractivity contribution in [2.24, 2.45) is 5.73 Å². The van der Waals surface area contributed by atoms with E-state index in [-0.39, 0.29) is 5.91 Å². The van der Waals surface area contributed by atoms with Gasteiger partial charge in [0.1, 0.15) is 6.04 Å². The van der Waals surface area contributed by atoms with Crippen molar-refractivity contribution in [2.45, 2.75) is 30.8 Å². The van der Waals surface area contributed by atoms with Gasteiger partial charge in [-0.25, -0.2) is 4.79 Å². The number of esters is 1. The molecular formula is C14H18N2O3. The fraction of sp³-hybridized carbons (Fsp3) is 0.429. The van der Waals surface area contributed by atoms with Crippen molar-refractivity contribution < 1.29 is 14.3 Å². The maximum atomic E-state index is 11.9. The molecule has 1 aliphatic carbocycles. The quantitative estimate of drug-likeness (QED) is 0.752. The SMILES string of the molecule is COC(=O)C(Cc1ccccc1)NC(=O)C1(N)CC1. The average molecular weight is 262 g/mol. The van der Waals surface area contributed by atoms with E-state index in [1.807, 2.05) is 30.3 Å². The summed E-state index contributed by atoms with van der Waals surface area (Å²) in [6.45, 7) is 0. The number of hydrogen-bond donors (Lipinski definition) is 2. The van der Waals surface area contributed by atoms with Crippen LogP contribution in [0.25, 0.3) is 0 Å². The molecule has 5 heteroatoms. The van der Waals surface area contributed by atoms with Crippen LogP contribution < -0.4 is 11.1 Å². The highest BCUT2D eigenvalue weighted by Crippen LogP contribution is 2.32. The molecule has 2 rings (SSSR count). The molecule has 1 atom stereocenters. The topological polar surface area (TPSA) is 81.4 Å². The molecule has 1 amide bonds. The standard InChI is InChI=1S/C14H18N2O3/c1-19-12(17)11(9-10-5-3-2-4-6-10)16-13(18)14(15)7-8-14/h2-6,11H,7-9,15H2,1H3,(H,16,18). The summed E-state index contributed by atoms with van der Waals surface area (Å²) in [4.78, 5) is 23.6. The molecule has 1 saturated carbocycles. The summed E-state index contributed by atoms with van der Waals surface area (Å²) in [5, 5.41) is 2.68. The molecule has 1 fully saturated rings. The van der Waals surface area contributed by atoms with Crippen molar-refractivity contribution in [3.8, 4) is 0 Å². The molecule has 0 aliphatic heterocycles. The second-order valence-corrected chi connectivity index (χ2v) is 4.90. The summed E-state index contributed by atoms with van der Waals surface area (Å²) < 4.78 is 4.72. The van der Waals surface area contributed by atoms with Crippen LogP contribution in [0.4, 0.5) is 0 Å². The summed E-state index contributed by atoms with van der Waals surface area (Å²) in [5.41, 5.74) is 5.98. The van der Waals surface area contributed by atoms with Gasteiger partial charge in [-0.15, -0.1) is 0 Å². The van der Waals surface area contributed by atoms with Gasteiger partial charge in [-0.2, -0.15) is 0 Å². The molecular weight excluding hydrogens is 244 g/mol. The molecule has 0 spiro atoms. The zero-order valence-electron chi connectivity index (χ0n) is 10.9. The molecule has 1 aromatic rings. The highest BCUT2D eigenvalue weighted by atomic mass is 16.5. The third kappa shape index (κ3) is 3.32. The molecule has 3 N–H and O–H groups in total. The van der Waals surface area contributed by atoms with Gasteiger partial charge in [0, 0.05) is 6.42 Å². The minimum atomic E-state index is -0.789. The average Bonchev–Trinajstić information content (AvgIpc) is 3.17. The van der Waals surface area contributed by atoms with Crippen molar-refractivity contribution >= 4 is 11.9 Å². The van der Waals surface area contributed by atoms with Crippen LogP contribution >= 0.6 is 0 Å². The first kappa shape index (κ1) is 13.5. The monoisotopic (exact) mass is 262 g/mol. The van der Waals surface area contributed by atoms with E-state index in [1.165, 1.54) is 7.11 Å². The van der Waals surface area contributed by atoms with Crippen LogP contribution in [0.3, 0.4) is 0 Å². The lowest BCUT2D eigenvalue weighted by atomic mass is 10.1. The Morgan fingerprint density at radius 1 is 1.37 bits per heavy atom. The Balaban J connectivity index is 2.04. The summed E-state index contributed by atoms with van der Waals surface area (Å²) in [6.07, 6.45) is 1.73. The number of carbonyl (C=O) groups excluding carboxylic acids is 2.